The minimum absolute atomic E-state index is 0.0785. The van der Waals surface area contributed by atoms with Gasteiger partial charge < -0.3 is 24.8 Å². The van der Waals surface area contributed by atoms with Gasteiger partial charge in [0.15, 0.2) is 0 Å². The van der Waals surface area contributed by atoms with Crippen LogP contribution in [-0.2, 0) is 10.0 Å². The van der Waals surface area contributed by atoms with Crippen molar-refractivity contribution in [3.8, 4) is 17.6 Å². The number of likely N-dealkylation sites (tertiary alicyclic amines) is 1. The Bertz CT molecular complexity index is 2790. The summed E-state index contributed by atoms with van der Waals surface area (Å²) in [5.74, 6) is -0.808. The standard InChI is InChI=1S/C46H48ClN9O7S/c1-46(2)15-11-33(39(26-46)31-3-5-34(47)6-4-31)29-53-19-21-54(22-20-53)35-7-9-38(42(24-35)63-36-23-32-12-16-49-43(32)50-28-36)44(57)52-64(61,62)37-8-10-40(41(25-37)56(59)60)51-45(58)55-17-13-30(27-48)14-18-55/h3-10,12,16,23-25,28,30H,11,13-15,17-22,26,29H2,1-2H3,(H,49,50)(H,51,58)(H,52,57). The van der Waals surface area contributed by atoms with Crippen molar-refractivity contribution in [1.29, 1.82) is 5.26 Å². The molecule has 3 N–H and O–H groups in total. The Balaban J connectivity index is 1.00. The van der Waals surface area contributed by atoms with Gasteiger partial charge in [0.25, 0.3) is 21.6 Å². The fourth-order valence-corrected chi connectivity index (χ4v) is 9.67. The maximum atomic E-state index is 13.9. The zero-order valence-corrected chi connectivity index (χ0v) is 37.0. The number of halogens is 1. The van der Waals surface area contributed by atoms with Gasteiger partial charge in [0, 0.05) is 86.2 Å². The van der Waals surface area contributed by atoms with Crippen LogP contribution in [0.2, 0.25) is 5.02 Å². The number of nitriles is 1. The number of benzene rings is 3. The molecule has 2 saturated heterocycles. The molecule has 64 heavy (non-hydrogen) atoms. The number of rotatable bonds is 11. The molecule has 2 aliphatic heterocycles. The monoisotopic (exact) mass is 905 g/mol. The van der Waals surface area contributed by atoms with Gasteiger partial charge in [-0.25, -0.2) is 22.9 Å². The number of nitro benzene ring substituents is 1. The maximum Gasteiger partial charge on any atom is 0.322 e. The first kappa shape index (κ1) is 44.1. The van der Waals surface area contributed by atoms with Gasteiger partial charge in [-0.15, -0.1) is 0 Å². The number of piperidine rings is 1. The highest BCUT2D eigenvalue weighted by molar-refractivity contribution is 7.90. The lowest BCUT2D eigenvalue weighted by atomic mass is 9.72. The lowest BCUT2D eigenvalue weighted by Gasteiger charge is -2.39. The van der Waals surface area contributed by atoms with E-state index in [4.69, 9.17) is 16.3 Å². The van der Waals surface area contributed by atoms with E-state index in [1.165, 1.54) is 33.9 Å². The molecule has 3 aliphatic rings. The summed E-state index contributed by atoms with van der Waals surface area (Å²) in [6.45, 7) is 9.07. The van der Waals surface area contributed by atoms with Crippen molar-refractivity contribution in [3.63, 3.8) is 0 Å². The highest BCUT2D eigenvalue weighted by Crippen LogP contribution is 2.43. The predicted octanol–water partition coefficient (Wildman–Crippen LogP) is 8.59. The molecule has 3 amide bonds. The Kier molecular flexibility index (Phi) is 12.6. The molecule has 16 nitrogen and oxygen atoms in total. The molecule has 0 bridgehead atoms. The highest BCUT2D eigenvalue weighted by Gasteiger charge is 2.31. The highest BCUT2D eigenvalue weighted by atomic mass is 35.5. The van der Waals surface area contributed by atoms with Crippen molar-refractivity contribution in [2.75, 3.05) is 56.0 Å². The summed E-state index contributed by atoms with van der Waals surface area (Å²) in [7, 11) is -4.68. The number of aromatic nitrogens is 2. The molecule has 18 heteroatoms. The summed E-state index contributed by atoms with van der Waals surface area (Å²) >= 11 is 6.24. The number of aromatic amines is 1. The number of sulfonamides is 1. The number of nitrogens with one attached hydrogen (secondary N) is 3. The first-order valence-corrected chi connectivity index (χ1v) is 23.0. The number of fused-ring (bicyclic) bond motifs is 1. The number of pyridine rings is 1. The van der Waals surface area contributed by atoms with Gasteiger partial charge in [-0.05, 0) is 97.2 Å². The number of urea groups is 1. The van der Waals surface area contributed by atoms with Crippen molar-refractivity contribution < 1.29 is 27.7 Å². The topological polar surface area (TPSA) is 207 Å². The van der Waals surface area contributed by atoms with Crippen LogP contribution < -0.4 is 19.7 Å². The zero-order chi connectivity index (χ0) is 45.2. The normalized spacial score (nSPS) is 17.2. The zero-order valence-electron chi connectivity index (χ0n) is 35.5. The molecule has 2 fully saturated rings. The quantitative estimate of drug-likeness (QED) is 0.0845. The maximum absolute atomic E-state index is 13.9. The Labute approximate surface area is 376 Å². The molecule has 1 aliphatic carbocycles. The summed E-state index contributed by atoms with van der Waals surface area (Å²) in [5, 5.41) is 25.3. The average molecular weight is 906 g/mol. The fourth-order valence-electron chi connectivity index (χ4n) is 8.56. The molecule has 332 valence electrons. The summed E-state index contributed by atoms with van der Waals surface area (Å²) < 4.78 is 35.7. The number of anilines is 2. The molecule has 3 aromatic carbocycles. The number of nitrogens with zero attached hydrogens (tertiary/aromatic N) is 6. The molecule has 8 rings (SSSR count). The van der Waals surface area contributed by atoms with Gasteiger partial charge in [0.1, 0.15) is 22.8 Å². The van der Waals surface area contributed by atoms with E-state index in [0.717, 1.165) is 68.2 Å². The second-order valence-corrected chi connectivity index (χ2v) is 19.4. The third-order valence-corrected chi connectivity index (χ3v) is 13.8. The SMILES string of the molecule is CC1(C)CCC(CN2CCN(c3ccc(C(=O)NS(=O)(=O)c4ccc(NC(=O)N5CCC(C#N)CC5)c([N+](=O)[O-])c4)c(Oc4cnc5[nH]ccc5c4)c3)CC2)=C(c2ccc(Cl)cc2)C1. The second-order valence-electron chi connectivity index (χ2n) is 17.3. The van der Waals surface area contributed by atoms with E-state index in [1.54, 1.807) is 24.4 Å². The van der Waals surface area contributed by atoms with Gasteiger partial charge in [0.05, 0.1) is 27.6 Å². The average Bonchev–Trinajstić information content (AvgIpc) is 3.75. The van der Waals surface area contributed by atoms with E-state index >= 15 is 0 Å². The number of carbonyl (C=O) groups is 2. The lowest BCUT2D eigenvalue weighted by molar-refractivity contribution is -0.384. The first-order valence-electron chi connectivity index (χ1n) is 21.1. The molecule has 0 spiro atoms. The van der Waals surface area contributed by atoms with Crippen molar-refractivity contribution >= 4 is 67.2 Å². The van der Waals surface area contributed by atoms with E-state index in [1.807, 2.05) is 18.2 Å². The van der Waals surface area contributed by atoms with Crippen molar-refractivity contribution in [3.05, 3.63) is 117 Å². The van der Waals surface area contributed by atoms with E-state index in [0.29, 0.717) is 55.4 Å². The third-order valence-electron chi connectivity index (χ3n) is 12.3. The Morgan fingerprint density at radius 2 is 1.77 bits per heavy atom. The van der Waals surface area contributed by atoms with Gasteiger partial charge in [-0.3, -0.25) is 19.8 Å². The van der Waals surface area contributed by atoms with Gasteiger partial charge >= 0.3 is 6.03 Å². The Morgan fingerprint density at radius 1 is 1.02 bits per heavy atom. The van der Waals surface area contributed by atoms with Gasteiger partial charge in [0.2, 0.25) is 0 Å². The molecule has 0 radical (unpaired) electrons. The number of hydrogen-bond donors (Lipinski definition) is 3. The minimum Gasteiger partial charge on any atom is -0.455 e. The van der Waals surface area contributed by atoms with E-state index < -0.39 is 37.5 Å². The molecule has 0 atom stereocenters. The third kappa shape index (κ3) is 9.99. The predicted molar refractivity (Wildman–Crippen MR) is 244 cm³/mol. The van der Waals surface area contributed by atoms with Crippen LogP contribution in [0.4, 0.5) is 21.9 Å². The summed E-state index contributed by atoms with van der Waals surface area (Å²) in [5.41, 5.74) is 4.67. The Hall–Kier alpha value is -6.48. The number of allylic oxidation sites excluding steroid dienone is 1. The fraction of sp³-hybridized carbons (Fsp3) is 0.348. The molecular weight excluding hydrogens is 858 g/mol. The number of piperazine rings is 1. The number of carbonyl (C=O) groups excluding carboxylic acids is 2. The van der Waals surface area contributed by atoms with Gasteiger partial charge in [-0.1, -0.05) is 43.2 Å². The van der Waals surface area contributed by atoms with E-state index in [2.05, 4.69) is 61.9 Å². The van der Waals surface area contributed by atoms with Crippen LogP contribution in [0.1, 0.15) is 61.9 Å². The van der Waals surface area contributed by atoms with Crippen LogP contribution in [0.25, 0.3) is 16.6 Å². The Morgan fingerprint density at radius 3 is 2.48 bits per heavy atom. The van der Waals surface area contributed by atoms with Crippen molar-refractivity contribution in [2.45, 2.75) is 50.8 Å². The van der Waals surface area contributed by atoms with Crippen LogP contribution in [-0.4, -0.2) is 90.9 Å². The van der Waals surface area contributed by atoms with E-state index in [-0.39, 0.29) is 28.3 Å². The number of ether oxygens (including phenoxy) is 1. The largest absolute Gasteiger partial charge is 0.455 e. The summed E-state index contributed by atoms with van der Waals surface area (Å²) in [6, 6.07) is 21.2. The molecule has 2 aromatic heterocycles. The van der Waals surface area contributed by atoms with Crippen LogP contribution in [0, 0.1) is 32.8 Å². The number of nitro groups is 1. The van der Waals surface area contributed by atoms with Crippen molar-refractivity contribution in [1.82, 2.24) is 24.5 Å². The van der Waals surface area contributed by atoms with Crippen LogP contribution in [0.3, 0.4) is 0 Å². The van der Waals surface area contributed by atoms with Crippen LogP contribution in [0.15, 0.2) is 95.7 Å². The number of hydrogen-bond acceptors (Lipinski definition) is 11. The molecule has 5 aromatic rings. The molecule has 0 unspecified atom stereocenters. The van der Waals surface area contributed by atoms with Crippen LogP contribution in [0.5, 0.6) is 11.5 Å². The first-order chi connectivity index (χ1) is 30.6. The van der Waals surface area contributed by atoms with Crippen molar-refractivity contribution in [2.24, 2.45) is 11.3 Å². The molecule has 4 heterocycles. The lowest BCUT2D eigenvalue weighted by Crippen LogP contribution is -2.47. The number of amides is 3. The molecular formula is C46H48ClN9O7S. The van der Waals surface area contributed by atoms with E-state index in [9.17, 15) is 33.4 Å². The summed E-state index contributed by atoms with van der Waals surface area (Å²) in [4.78, 5) is 51.1. The van der Waals surface area contributed by atoms with Gasteiger partial charge in [-0.2, -0.15) is 5.26 Å². The summed E-state index contributed by atoms with van der Waals surface area (Å²) in [6.07, 6.45) is 7.32. The minimum atomic E-state index is -4.68. The molecule has 0 saturated carbocycles. The van der Waals surface area contributed by atoms with Crippen LogP contribution >= 0.6 is 11.6 Å². The number of H-pyrrole nitrogens is 1. The second kappa shape index (κ2) is 18.3. The smallest absolute Gasteiger partial charge is 0.322 e.